The van der Waals surface area contributed by atoms with Crippen molar-refractivity contribution in [3.05, 3.63) is 35.7 Å². The van der Waals surface area contributed by atoms with Gasteiger partial charge >= 0.3 is 0 Å². The Morgan fingerprint density at radius 1 is 1.40 bits per heavy atom. The van der Waals surface area contributed by atoms with Gasteiger partial charge in [-0.25, -0.2) is 0 Å². The van der Waals surface area contributed by atoms with Crippen LogP contribution < -0.4 is 0 Å². The van der Waals surface area contributed by atoms with Crippen LogP contribution in [-0.2, 0) is 6.42 Å². The lowest BCUT2D eigenvalue weighted by Gasteiger charge is -2.01. The van der Waals surface area contributed by atoms with Crippen LogP contribution in [0.1, 0.15) is 18.4 Å². The molecule has 0 saturated heterocycles. The lowest BCUT2D eigenvalue weighted by molar-refractivity contribution is 0.383. The average molecular weight is 203 g/mol. The molecule has 0 bridgehead atoms. The minimum atomic E-state index is 0.259. The normalized spacial score (nSPS) is 10.5. The average Bonchev–Trinajstić information content (AvgIpc) is 2.59. The molecule has 0 unspecified atom stereocenters. The first kappa shape index (κ1) is 9.77. The molecule has 0 fully saturated rings. The molecule has 1 aromatic heterocycles. The lowest BCUT2D eigenvalue weighted by Crippen LogP contribution is -1.84. The van der Waals surface area contributed by atoms with E-state index in [1.807, 2.05) is 26.0 Å². The van der Waals surface area contributed by atoms with Gasteiger partial charge in [-0.1, -0.05) is 24.2 Å². The molecule has 0 aliphatic heterocycles. The van der Waals surface area contributed by atoms with Gasteiger partial charge in [0.1, 0.15) is 11.5 Å². The topological polar surface area (TPSA) is 46.3 Å². The highest BCUT2D eigenvalue weighted by Crippen LogP contribution is 2.29. The van der Waals surface area contributed by atoms with Gasteiger partial charge in [-0.2, -0.15) is 0 Å². The largest absolute Gasteiger partial charge is 0.508 e. The molecule has 0 spiro atoms. The molecule has 78 valence electrons. The number of aryl methyl sites for hydroxylation is 2. The smallest absolute Gasteiger partial charge is 0.144 e. The molecular weight excluding hydrogens is 190 g/mol. The van der Waals surface area contributed by atoms with Crippen LogP contribution in [0.2, 0.25) is 0 Å². The Balaban J connectivity index is 2.57. The molecule has 3 nitrogen and oxygen atoms in total. The van der Waals surface area contributed by atoms with Gasteiger partial charge in [0.05, 0.1) is 5.69 Å². The molecule has 1 aromatic carbocycles. The molecule has 0 atom stereocenters. The minimum Gasteiger partial charge on any atom is -0.508 e. The van der Waals surface area contributed by atoms with Gasteiger partial charge in [0, 0.05) is 12.0 Å². The molecular formula is C12H13NO2. The number of hydrogen-bond acceptors (Lipinski definition) is 3. The molecule has 2 rings (SSSR count). The zero-order chi connectivity index (χ0) is 10.8. The monoisotopic (exact) mass is 203 g/mol. The van der Waals surface area contributed by atoms with E-state index < -0.39 is 0 Å². The van der Waals surface area contributed by atoms with E-state index in [0.717, 1.165) is 29.0 Å². The summed E-state index contributed by atoms with van der Waals surface area (Å²) in [5.74, 6) is 1.12. The summed E-state index contributed by atoms with van der Waals surface area (Å²) in [4.78, 5) is 0. The maximum Gasteiger partial charge on any atom is 0.144 e. The number of phenols is 1. The predicted molar refractivity (Wildman–Crippen MR) is 57.7 cm³/mol. The van der Waals surface area contributed by atoms with Gasteiger partial charge in [0.2, 0.25) is 0 Å². The number of benzene rings is 1. The minimum absolute atomic E-state index is 0.259. The van der Waals surface area contributed by atoms with Gasteiger partial charge in [-0.3, -0.25) is 0 Å². The highest BCUT2D eigenvalue weighted by molar-refractivity contribution is 5.68. The maximum atomic E-state index is 9.42. The Bertz CT molecular complexity index is 474. The molecule has 0 amide bonds. The molecule has 0 saturated carbocycles. The molecule has 0 aliphatic carbocycles. The second-order valence-electron chi connectivity index (χ2n) is 3.47. The highest BCUT2D eigenvalue weighted by Gasteiger charge is 2.13. The first-order chi connectivity index (χ1) is 7.22. The van der Waals surface area contributed by atoms with Crippen molar-refractivity contribution in [1.82, 2.24) is 5.16 Å². The molecule has 0 aliphatic rings. The van der Waals surface area contributed by atoms with Crippen LogP contribution in [0.4, 0.5) is 0 Å². The van der Waals surface area contributed by atoms with Crippen molar-refractivity contribution in [3.8, 4) is 16.9 Å². The second kappa shape index (κ2) is 3.77. The van der Waals surface area contributed by atoms with Crippen molar-refractivity contribution in [3.63, 3.8) is 0 Å². The molecule has 1 N–H and O–H groups in total. The molecule has 2 aromatic rings. The van der Waals surface area contributed by atoms with E-state index in [0.29, 0.717) is 0 Å². The van der Waals surface area contributed by atoms with Gasteiger partial charge < -0.3 is 9.63 Å². The first-order valence-corrected chi connectivity index (χ1v) is 4.97. The zero-order valence-electron chi connectivity index (χ0n) is 8.82. The Labute approximate surface area is 88.3 Å². The molecule has 3 heteroatoms. The van der Waals surface area contributed by atoms with Crippen molar-refractivity contribution in [2.24, 2.45) is 0 Å². The third kappa shape index (κ3) is 1.73. The second-order valence-corrected chi connectivity index (χ2v) is 3.47. The summed E-state index contributed by atoms with van der Waals surface area (Å²) in [6.45, 7) is 3.92. The Morgan fingerprint density at radius 3 is 2.87 bits per heavy atom. The number of hydrogen-bond donors (Lipinski definition) is 1. The van der Waals surface area contributed by atoms with Gasteiger partial charge in [0.15, 0.2) is 0 Å². The number of aromatic nitrogens is 1. The fourth-order valence-electron chi connectivity index (χ4n) is 1.69. The summed E-state index contributed by atoms with van der Waals surface area (Å²) < 4.78 is 5.21. The predicted octanol–water partition coefficient (Wildman–Crippen LogP) is 2.92. The van der Waals surface area contributed by atoms with Crippen molar-refractivity contribution in [1.29, 1.82) is 0 Å². The summed E-state index contributed by atoms with van der Waals surface area (Å²) in [6, 6.07) is 7.13. The Morgan fingerprint density at radius 2 is 2.20 bits per heavy atom. The van der Waals surface area contributed by atoms with Gasteiger partial charge in [0.25, 0.3) is 0 Å². The number of nitrogens with zero attached hydrogens (tertiary/aromatic N) is 1. The van der Waals surface area contributed by atoms with Crippen molar-refractivity contribution < 1.29 is 9.63 Å². The third-order valence-corrected chi connectivity index (χ3v) is 2.39. The summed E-state index contributed by atoms with van der Waals surface area (Å²) in [5.41, 5.74) is 2.80. The number of phenolic OH excluding ortho intramolecular Hbond substituents is 1. The fourth-order valence-corrected chi connectivity index (χ4v) is 1.69. The van der Waals surface area contributed by atoms with E-state index in [-0.39, 0.29) is 5.75 Å². The van der Waals surface area contributed by atoms with Gasteiger partial charge in [-0.05, 0) is 24.6 Å². The van der Waals surface area contributed by atoms with Crippen molar-refractivity contribution in [2.75, 3.05) is 0 Å². The van der Waals surface area contributed by atoms with E-state index in [2.05, 4.69) is 5.16 Å². The van der Waals surface area contributed by atoms with Crippen LogP contribution in [0, 0.1) is 6.92 Å². The Hall–Kier alpha value is -1.77. The quantitative estimate of drug-likeness (QED) is 0.816. The molecule has 1 heterocycles. The Kier molecular flexibility index (Phi) is 2.46. The summed E-state index contributed by atoms with van der Waals surface area (Å²) in [5, 5.41) is 13.4. The van der Waals surface area contributed by atoms with Crippen LogP contribution in [0.15, 0.2) is 28.8 Å². The van der Waals surface area contributed by atoms with Crippen LogP contribution in [-0.4, -0.2) is 10.3 Å². The van der Waals surface area contributed by atoms with Crippen LogP contribution in [0.3, 0.4) is 0 Å². The molecule has 0 radical (unpaired) electrons. The van der Waals surface area contributed by atoms with Crippen LogP contribution in [0.25, 0.3) is 11.1 Å². The van der Waals surface area contributed by atoms with E-state index in [9.17, 15) is 5.11 Å². The third-order valence-electron chi connectivity index (χ3n) is 2.39. The lowest BCUT2D eigenvalue weighted by atomic mass is 10.0. The number of rotatable bonds is 2. The standard InChI is InChI=1S/C12H13NO2/c1-3-11-12(8(2)13-15-11)9-5-4-6-10(14)7-9/h4-7,14H,3H2,1-2H3. The number of aromatic hydroxyl groups is 1. The van der Waals surface area contributed by atoms with E-state index in [1.54, 1.807) is 12.1 Å². The molecule has 15 heavy (non-hydrogen) atoms. The van der Waals surface area contributed by atoms with Crippen LogP contribution >= 0.6 is 0 Å². The van der Waals surface area contributed by atoms with E-state index in [4.69, 9.17) is 4.52 Å². The van der Waals surface area contributed by atoms with E-state index in [1.165, 1.54) is 0 Å². The summed E-state index contributed by atoms with van der Waals surface area (Å²) in [6.07, 6.45) is 0.797. The SMILES string of the molecule is CCc1onc(C)c1-c1cccc(O)c1. The highest BCUT2D eigenvalue weighted by atomic mass is 16.5. The van der Waals surface area contributed by atoms with Crippen molar-refractivity contribution >= 4 is 0 Å². The van der Waals surface area contributed by atoms with E-state index >= 15 is 0 Å². The van der Waals surface area contributed by atoms with Gasteiger partial charge in [-0.15, -0.1) is 0 Å². The summed E-state index contributed by atoms with van der Waals surface area (Å²) in [7, 11) is 0. The fraction of sp³-hybridized carbons (Fsp3) is 0.250. The van der Waals surface area contributed by atoms with Crippen molar-refractivity contribution in [2.45, 2.75) is 20.3 Å². The maximum absolute atomic E-state index is 9.42. The van der Waals surface area contributed by atoms with Crippen LogP contribution in [0.5, 0.6) is 5.75 Å². The first-order valence-electron chi connectivity index (χ1n) is 4.97. The zero-order valence-corrected chi connectivity index (χ0v) is 8.82. The summed E-state index contributed by atoms with van der Waals surface area (Å²) >= 11 is 0.